The van der Waals surface area contributed by atoms with Gasteiger partial charge in [0.1, 0.15) is 17.7 Å². The van der Waals surface area contributed by atoms with Crippen molar-refractivity contribution in [2.24, 2.45) is 5.16 Å². The minimum absolute atomic E-state index is 0.124. The summed E-state index contributed by atoms with van der Waals surface area (Å²) in [7, 11) is 4.08. The largest absolute Gasteiger partial charge is 0.395 e. The molecular formula is C30H31N5O2S. The highest BCUT2D eigenvalue weighted by molar-refractivity contribution is 7.99. The molecular weight excluding hydrogens is 494 g/mol. The van der Waals surface area contributed by atoms with Crippen LogP contribution in [0.15, 0.2) is 96.5 Å². The molecule has 0 spiro atoms. The summed E-state index contributed by atoms with van der Waals surface area (Å²) < 4.78 is 2.17. The van der Waals surface area contributed by atoms with E-state index in [4.69, 9.17) is 4.84 Å². The first-order chi connectivity index (χ1) is 18.6. The fourth-order valence-corrected chi connectivity index (χ4v) is 5.75. The molecule has 1 amide bonds. The number of carbonyl (C=O) groups is 1. The first-order valence-electron chi connectivity index (χ1n) is 12.6. The van der Waals surface area contributed by atoms with Gasteiger partial charge in [-0.05, 0) is 44.8 Å². The predicted molar refractivity (Wildman–Crippen MR) is 154 cm³/mol. The summed E-state index contributed by atoms with van der Waals surface area (Å²) in [6, 6.07) is 23.6. The van der Waals surface area contributed by atoms with Gasteiger partial charge < -0.3 is 19.6 Å². The summed E-state index contributed by atoms with van der Waals surface area (Å²) in [4.78, 5) is 25.4. The molecule has 1 aliphatic rings. The number of amides is 1. The quantitative estimate of drug-likeness (QED) is 0.165. The molecule has 2 aromatic heterocycles. The summed E-state index contributed by atoms with van der Waals surface area (Å²) in [6.07, 6.45) is 6.54. The van der Waals surface area contributed by atoms with Crippen molar-refractivity contribution in [3.8, 4) is 0 Å². The van der Waals surface area contributed by atoms with Crippen LogP contribution in [-0.4, -0.2) is 53.3 Å². The number of pyridine rings is 1. The summed E-state index contributed by atoms with van der Waals surface area (Å²) in [5.74, 6) is 0.646. The SMILES string of the molecule is CN(C)CCCO/N=C(\c1ccccc1)c1cccc(NC(=O)c2ccn3c2CSC3c2cccnc2)c1. The van der Waals surface area contributed by atoms with Gasteiger partial charge >= 0.3 is 0 Å². The average molecular weight is 526 g/mol. The van der Waals surface area contributed by atoms with Crippen LogP contribution >= 0.6 is 11.8 Å². The third-order valence-electron chi connectivity index (χ3n) is 6.31. The van der Waals surface area contributed by atoms with E-state index in [0.717, 1.165) is 46.8 Å². The van der Waals surface area contributed by atoms with Crippen molar-refractivity contribution in [3.05, 3.63) is 119 Å². The molecule has 0 bridgehead atoms. The fraction of sp³-hybridized carbons (Fsp3) is 0.233. The lowest BCUT2D eigenvalue weighted by Crippen LogP contribution is -2.15. The van der Waals surface area contributed by atoms with Crippen molar-refractivity contribution in [2.75, 3.05) is 32.6 Å². The molecule has 0 aliphatic carbocycles. The van der Waals surface area contributed by atoms with Gasteiger partial charge in [-0.15, -0.1) is 11.8 Å². The maximum Gasteiger partial charge on any atom is 0.257 e. The topological polar surface area (TPSA) is 71.8 Å². The molecule has 1 unspecified atom stereocenters. The van der Waals surface area contributed by atoms with Crippen LogP contribution in [0.25, 0.3) is 0 Å². The minimum atomic E-state index is -0.124. The maximum atomic E-state index is 13.3. The van der Waals surface area contributed by atoms with E-state index >= 15 is 0 Å². The van der Waals surface area contributed by atoms with Gasteiger partial charge in [0.05, 0.1) is 5.56 Å². The van der Waals surface area contributed by atoms with Crippen LogP contribution in [0, 0.1) is 0 Å². The second kappa shape index (κ2) is 12.1. The normalized spacial score (nSPS) is 14.9. The highest BCUT2D eigenvalue weighted by Gasteiger charge is 2.28. The van der Waals surface area contributed by atoms with Gasteiger partial charge in [0.15, 0.2) is 0 Å². The van der Waals surface area contributed by atoms with Crippen molar-refractivity contribution in [2.45, 2.75) is 17.5 Å². The average Bonchev–Trinajstić information content (AvgIpc) is 3.54. The predicted octanol–water partition coefficient (Wildman–Crippen LogP) is 5.65. The highest BCUT2D eigenvalue weighted by Crippen LogP contribution is 2.42. The first kappa shape index (κ1) is 25.8. The van der Waals surface area contributed by atoms with Crippen LogP contribution in [0.1, 0.15) is 44.5 Å². The molecule has 1 aliphatic heterocycles. The lowest BCUT2D eigenvalue weighted by molar-refractivity contribution is 0.102. The molecule has 3 heterocycles. The monoisotopic (exact) mass is 525 g/mol. The van der Waals surface area contributed by atoms with Crippen molar-refractivity contribution >= 4 is 29.1 Å². The third-order valence-corrected chi connectivity index (χ3v) is 7.56. The Morgan fingerprint density at radius 2 is 1.95 bits per heavy atom. The maximum absolute atomic E-state index is 13.3. The molecule has 194 valence electrons. The molecule has 1 N–H and O–H groups in total. The number of hydrogen-bond acceptors (Lipinski definition) is 6. The molecule has 7 nitrogen and oxygen atoms in total. The van der Waals surface area contributed by atoms with Gasteiger partial charge in [0, 0.05) is 59.0 Å². The standard InChI is InChI=1S/C30H31N5O2S/c1-34(2)16-8-18-37-33-28(22-9-4-3-5-10-22)23-11-6-13-25(19-23)32-29(36)26-14-17-35-27(26)21-38-30(35)24-12-7-15-31-20-24/h3-7,9-15,17,19-20,30H,8,16,18,21H2,1-2H3,(H,32,36)/b33-28+. The van der Waals surface area contributed by atoms with E-state index in [0.29, 0.717) is 17.9 Å². The van der Waals surface area contributed by atoms with Gasteiger partial charge in [0.25, 0.3) is 5.91 Å². The second-order valence-corrected chi connectivity index (χ2v) is 10.4. The third kappa shape index (κ3) is 5.98. The number of carbonyl (C=O) groups excluding carboxylic acids is 1. The van der Waals surface area contributed by atoms with E-state index in [1.807, 2.05) is 93.2 Å². The molecule has 8 heteroatoms. The molecule has 38 heavy (non-hydrogen) atoms. The Morgan fingerprint density at radius 1 is 1.11 bits per heavy atom. The van der Waals surface area contributed by atoms with Crippen LogP contribution in [0.2, 0.25) is 0 Å². The van der Waals surface area contributed by atoms with Crippen molar-refractivity contribution < 1.29 is 9.63 Å². The molecule has 0 fully saturated rings. The Bertz CT molecular complexity index is 1400. The zero-order valence-electron chi connectivity index (χ0n) is 21.6. The number of nitrogens with zero attached hydrogens (tertiary/aromatic N) is 4. The summed E-state index contributed by atoms with van der Waals surface area (Å²) in [5, 5.41) is 7.71. The fourth-order valence-electron chi connectivity index (χ4n) is 4.44. The molecule has 0 saturated heterocycles. The first-order valence-corrected chi connectivity index (χ1v) is 13.7. The van der Waals surface area contributed by atoms with E-state index < -0.39 is 0 Å². The molecule has 5 rings (SSSR count). The van der Waals surface area contributed by atoms with E-state index in [2.05, 4.69) is 31.0 Å². The number of aromatic nitrogens is 2. The van der Waals surface area contributed by atoms with Gasteiger partial charge in [-0.3, -0.25) is 9.78 Å². The smallest absolute Gasteiger partial charge is 0.257 e. The number of thioether (sulfide) groups is 1. The van der Waals surface area contributed by atoms with E-state index in [-0.39, 0.29) is 11.3 Å². The molecule has 0 radical (unpaired) electrons. The van der Waals surface area contributed by atoms with Crippen molar-refractivity contribution in [1.29, 1.82) is 0 Å². The Hall–Kier alpha value is -3.88. The molecule has 1 atom stereocenters. The zero-order valence-corrected chi connectivity index (χ0v) is 22.4. The van der Waals surface area contributed by atoms with Crippen LogP contribution in [0.5, 0.6) is 0 Å². The number of anilines is 1. The van der Waals surface area contributed by atoms with Gasteiger partial charge in [-0.25, -0.2) is 0 Å². The summed E-state index contributed by atoms with van der Waals surface area (Å²) in [6.45, 7) is 1.46. The van der Waals surface area contributed by atoms with Gasteiger partial charge in [-0.1, -0.05) is 53.7 Å². The number of nitrogens with one attached hydrogen (secondary N) is 1. The second-order valence-electron chi connectivity index (χ2n) is 9.36. The van der Waals surface area contributed by atoms with E-state index in [9.17, 15) is 4.79 Å². The molecule has 4 aromatic rings. The number of fused-ring (bicyclic) bond motifs is 1. The number of hydrogen-bond donors (Lipinski definition) is 1. The summed E-state index contributed by atoms with van der Waals surface area (Å²) >= 11 is 1.80. The van der Waals surface area contributed by atoms with Crippen LogP contribution in [-0.2, 0) is 10.6 Å². The van der Waals surface area contributed by atoms with Gasteiger partial charge in [0.2, 0.25) is 0 Å². The molecule has 0 saturated carbocycles. The van der Waals surface area contributed by atoms with Gasteiger partial charge in [-0.2, -0.15) is 0 Å². The summed E-state index contributed by atoms with van der Waals surface area (Å²) in [5.41, 5.74) is 6.10. The van der Waals surface area contributed by atoms with Crippen LogP contribution < -0.4 is 5.32 Å². The van der Waals surface area contributed by atoms with Crippen molar-refractivity contribution in [1.82, 2.24) is 14.5 Å². The lowest BCUT2D eigenvalue weighted by Gasteiger charge is -2.12. The lowest BCUT2D eigenvalue weighted by atomic mass is 10.0. The van der Waals surface area contributed by atoms with E-state index in [1.165, 1.54) is 0 Å². The Labute approximate surface area is 227 Å². The minimum Gasteiger partial charge on any atom is -0.395 e. The van der Waals surface area contributed by atoms with Crippen LogP contribution in [0.4, 0.5) is 5.69 Å². The number of rotatable bonds is 10. The Balaban J connectivity index is 1.33. The van der Waals surface area contributed by atoms with Crippen molar-refractivity contribution in [3.63, 3.8) is 0 Å². The Morgan fingerprint density at radius 3 is 2.74 bits per heavy atom. The van der Waals surface area contributed by atoms with Crippen LogP contribution in [0.3, 0.4) is 0 Å². The highest BCUT2D eigenvalue weighted by atomic mass is 32.2. The number of benzene rings is 2. The zero-order chi connectivity index (χ0) is 26.3. The number of oxime groups is 1. The Kier molecular flexibility index (Phi) is 8.21. The molecule has 2 aromatic carbocycles. The van der Waals surface area contributed by atoms with E-state index in [1.54, 1.807) is 18.0 Å².